The second-order valence-corrected chi connectivity index (χ2v) is 10.7. The molecule has 2 unspecified atom stereocenters. The second-order valence-electron chi connectivity index (χ2n) is 8.50. The first kappa shape index (κ1) is 21.9. The summed E-state index contributed by atoms with van der Waals surface area (Å²) in [6, 6.07) is 8.52. The molecule has 0 bridgehead atoms. The maximum atomic E-state index is 12.5. The topological polar surface area (TPSA) is 66.5 Å². The zero-order valence-electron chi connectivity index (χ0n) is 17.2. The molecule has 1 aliphatic rings. The van der Waals surface area contributed by atoms with Gasteiger partial charge in [0.05, 0.1) is 18.1 Å². The summed E-state index contributed by atoms with van der Waals surface area (Å²) in [6.45, 7) is 8.91. The van der Waals surface area contributed by atoms with Gasteiger partial charge < -0.3 is 10.2 Å². The van der Waals surface area contributed by atoms with Gasteiger partial charge in [0.25, 0.3) is 0 Å². The van der Waals surface area contributed by atoms with E-state index < -0.39 is 9.84 Å². The molecule has 1 fully saturated rings. The summed E-state index contributed by atoms with van der Waals surface area (Å²) in [6.07, 6.45) is 1.60. The molecule has 5 nitrogen and oxygen atoms in total. The lowest BCUT2D eigenvalue weighted by Gasteiger charge is -2.27. The Bertz CT molecular complexity index is 726. The van der Waals surface area contributed by atoms with Crippen LogP contribution in [0.2, 0.25) is 0 Å². The molecular weight excluding hydrogens is 360 g/mol. The molecule has 0 aliphatic carbocycles. The number of sulfone groups is 1. The summed E-state index contributed by atoms with van der Waals surface area (Å²) in [5.41, 5.74) is 2.51. The van der Waals surface area contributed by atoms with Crippen LogP contribution in [-0.4, -0.2) is 50.4 Å². The lowest BCUT2D eigenvalue weighted by molar-refractivity contribution is -0.130. The highest BCUT2D eigenvalue weighted by molar-refractivity contribution is 7.91. The van der Waals surface area contributed by atoms with Crippen LogP contribution in [0.25, 0.3) is 0 Å². The third-order valence-corrected chi connectivity index (χ3v) is 7.02. The maximum absolute atomic E-state index is 12.5. The van der Waals surface area contributed by atoms with E-state index in [1.807, 2.05) is 0 Å². The molecule has 27 heavy (non-hydrogen) atoms. The van der Waals surface area contributed by atoms with E-state index in [-0.39, 0.29) is 36.0 Å². The molecule has 1 saturated heterocycles. The molecule has 1 N–H and O–H groups in total. The molecular formula is C21H34N2O3S. The van der Waals surface area contributed by atoms with Crippen molar-refractivity contribution in [1.82, 2.24) is 10.2 Å². The SMILES string of the molecule is CC(C)Cc1ccc(C(NCC(=O)N(C)C2CCS(=O)(=O)C2)C(C)C)cc1. The molecule has 1 aliphatic heterocycles. The van der Waals surface area contributed by atoms with E-state index in [0.29, 0.717) is 18.3 Å². The molecule has 1 amide bonds. The van der Waals surface area contributed by atoms with E-state index in [0.717, 1.165) is 6.42 Å². The lowest BCUT2D eigenvalue weighted by Crippen LogP contribution is -2.43. The van der Waals surface area contributed by atoms with Crippen LogP contribution in [0, 0.1) is 11.8 Å². The van der Waals surface area contributed by atoms with Gasteiger partial charge in [-0.1, -0.05) is 52.0 Å². The molecule has 2 rings (SSSR count). The fourth-order valence-electron chi connectivity index (χ4n) is 3.68. The Morgan fingerprint density at radius 2 is 1.81 bits per heavy atom. The Balaban J connectivity index is 1.97. The van der Waals surface area contributed by atoms with Crippen LogP contribution in [0.15, 0.2) is 24.3 Å². The largest absolute Gasteiger partial charge is 0.341 e. The van der Waals surface area contributed by atoms with Gasteiger partial charge in [-0.3, -0.25) is 4.79 Å². The molecule has 0 saturated carbocycles. The lowest BCUT2D eigenvalue weighted by atomic mass is 9.93. The Kier molecular flexibility index (Phi) is 7.46. The number of hydrogen-bond acceptors (Lipinski definition) is 4. The molecule has 6 heteroatoms. The molecule has 1 aromatic rings. The molecule has 0 aromatic heterocycles. The van der Waals surface area contributed by atoms with E-state index in [1.54, 1.807) is 11.9 Å². The summed E-state index contributed by atoms with van der Waals surface area (Å²) in [5.74, 6) is 1.17. The average Bonchev–Trinajstić information content (AvgIpc) is 2.94. The van der Waals surface area contributed by atoms with Crippen molar-refractivity contribution in [3.8, 4) is 0 Å². The minimum absolute atomic E-state index is 0.0563. The number of likely N-dealkylation sites (N-methyl/N-ethyl adjacent to an activating group) is 1. The van der Waals surface area contributed by atoms with Crippen LogP contribution >= 0.6 is 0 Å². The number of nitrogens with one attached hydrogen (secondary N) is 1. The normalized spacial score (nSPS) is 20.2. The van der Waals surface area contributed by atoms with Gasteiger partial charge in [-0.15, -0.1) is 0 Å². The van der Waals surface area contributed by atoms with Crippen LogP contribution in [0.1, 0.15) is 51.3 Å². The summed E-state index contributed by atoms with van der Waals surface area (Å²) in [5, 5.41) is 3.38. The fourth-order valence-corrected chi connectivity index (χ4v) is 5.45. The smallest absolute Gasteiger partial charge is 0.236 e. The summed E-state index contributed by atoms with van der Waals surface area (Å²) >= 11 is 0. The zero-order valence-corrected chi connectivity index (χ0v) is 18.1. The molecule has 0 radical (unpaired) electrons. The predicted octanol–water partition coefficient (Wildman–Crippen LogP) is 2.82. The highest BCUT2D eigenvalue weighted by Gasteiger charge is 2.32. The summed E-state index contributed by atoms with van der Waals surface area (Å²) in [7, 11) is -1.28. The van der Waals surface area contributed by atoms with Crippen molar-refractivity contribution in [1.29, 1.82) is 0 Å². The highest BCUT2D eigenvalue weighted by Crippen LogP contribution is 2.23. The van der Waals surface area contributed by atoms with E-state index in [9.17, 15) is 13.2 Å². The van der Waals surface area contributed by atoms with E-state index >= 15 is 0 Å². The van der Waals surface area contributed by atoms with E-state index in [4.69, 9.17) is 0 Å². The first-order chi connectivity index (χ1) is 12.6. The third-order valence-electron chi connectivity index (χ3n) is 5.27. The van der Waals surface area contributed by atoms with E-state index in [1.165, 1.54) is 11.1 Å². The summed E-state index contributed by atoms with van der Waals surface area (Å²) in [4.78, 5) is 14.1. The van der Waals surface area contributed by atoms with Crippen molar-refractivity contribution < 1.29 is 13.2 Å². The number of carbonyl (C=O) groups excluding carboxylic acids is 1. The van der Waals surface area contributed by atoms with Crippen molar-refractivity contribution in [2.45, 2.75) is 52.6 Å². The number of rotatable bonds is 8. The van der Waals surface area contributed by atoms with E-state index in [2.05, 4.69) is 57.3 Å². The van der Waals surface area contributed by atoms with Gasteiger partial charge in [-0.25, -0.2) is 8.42 Å². The van der Waals surface area contributed by atoms with Crippen molar-refractivity contribution in [2.75, 3.05) is 25.1 Å². The van der Waals surface area contributed by atoms with Gasteiger partial charge in [-0.2, -0.15) is 0 Å². The number of carbonyl (C=O) groups is 1. The number of benzene rings is 1. The Hall–Kier alpha value is -1.40. The van der Waals surface area contributed by atoms with Crippen molar-refractivity contribution in [2.24, 2.45) is 11.8 Å². The quantitative estimate of drug-likeness (QED) is 0.736. The standard InChI is InChI=1S/C21H34N2O3S/c1-15(2)12-17-6-8-18(9-7-17)21(16(3)4)22-13-20(24)23(5)19-10-11-27(25,26)14-19/h6-9,15-16,19,21-22H,10-14H2,1-5H3. The van der Waals surface area contributed by atoms with Crippen LogP contribution in [0.5, 0.6) is 0 Å². The predicted molar refractivity (Wildman–Crippen MR) is 110 cm³/mol. The monoisotopic (exact) mass is 394 g/mol. The Morgan fingerprint density at radius 3 is 2.30 bits per heavy atom. The Labute approximate surface area is 164 Å². The first-order valence-corrected chi connectivity index (χ1v) is 11.7. The summed E-state index contributed by atoms with van der Waals surface area (Å²) < 4.78 is 23.3. The minimum Gasteiger partial charge on any atom is -0.341 e. The van der Waals surface area contributed by atoms with Crippen LogP contribution in [0.3, 0.4) is 0 Å². The minimum atomic E-state index is -2.99. The van der Waals surface area contributed by atoms with Crippen LogP contribution in [0.4, 0.5) is 0 Å². The van der Waals surface area contributed by atoms with Gasteiger partial charge in [0, 0.05) is 19.1 Å². The molecule has 1 heterocycles. The third kappa shape index (κ3) is 6.32. The van der Waals surface area contributed by atoms with Crippen molar-refractivity contribution in [3.63, 3.8) is 0 Å². The van der Waals surface area contributed by atoms with Crippen molar-refractivity contribution >= 4 is 15.7 Å². The van der Waals surface area contributed by atoms with Gasteiger partial charge in [0.15, 0.2) is 9.84 Å². The highest BCUT2D eigenvalue weighted by atomic mass is 32.2. The molecule has 152 valence electrons. The number of hydrogen-bond donors (Lipinski definition) is 1. The Morgan fingerprint density at radius 1 is 1.19 bits per heavy atom. The van der Waals surface area contributed by atoms with Gasteiger partial charge in [-0.05, 0) is 35.8 Å². The zero-order chi connectivity index (χ0) is 20.2. The molecule has 2 atom stereocenters. The van der Waals surface area contributed by atoms with Crippen molar-refractivity contribution in [3.05, 3.63) is 35.4 Å². The number of nitrogens with zero attached hydrogens (tertiary/aromatic N) is 1. The van der Waals surface area contributed by atoms with Crippen LogP contribution in [-0.2, 0) is 21.1 Å². The van der Waals surface area contributed by atoms with Gasteiger partial charge >= 0.3 is 0 Å². The number of amides is 1. The second kappa shape index (κ2) is 9.20. The maximum Gasteiger partial charge on any atom is 0.236 e. The average molecular weight is 395 g/mol. The van der Waals surface area contributed by atoms with Crippen LogP contribution < -0.4 is 5.32 Å². The molecule has 1 aromatic carbocycles. The fraction of sp³-hybridized carbons (Fsp3) is 0.667. The van der Waals surface area contributed by atoms with Gasteiger partial charge in [0.1, 0.15) is 0 Å². The molecule has 0 spiro atoms. The first-order valence-electron chi connectivity index (χ1n) is 9.87. The van der Waals surface area contributed by atoms with Gasteiger partial charge in [0.2, 0.25) is 5.91 Å².